The molecule has 0 saturated heterocycles. The molecule has 0 aromatic rings. The van der Waals surface area contributed by atoms with Gasteiger partial charge >= 0.3 is 0 Å². The van der Waals surface area contributed by atoms with Crippen LogP contribution in [0.2, 0.25) is 0 Å². The number of hydrogen-bond donors (Lipinski definition) is 2. The van der Waals surface area contributed by atoms with E-state index in [1.807, 2.05) is 0 Å². The molecule has 0 fully saturated rings. The molecule has 2 N–H and O–H groups in total. The van der Waals surface area contributed by atoms with Gasteiger partial charge in [-0.15, -0.1) is 24.0 Å². The number of aliphatic imine (C=N–C) groups is 1. The van der Waals surface area contributed by atoms with E-state index in [9.17, 15) is 8.42 Å². The molecular weight excluding hydrogens is 437 g/mol. The van der Waals surface area contributed by atoms with Crippen LogP contribution in [-0.2, 0) is 24.0 Å². The molecule has 23 heavy (non-hydrogen) atoms. The van der Waals surface area contributed by atoms with Crippen LogP contribution in [0.25, 0.3) is 0 Å². The molecule has 0 heterocycles. The minimum Gasteiger partial charge on any atom is -0.382 e. The van der Waals surface area contributed by atoms with E-state index in [2.05, 4.69) is 15.6 Å². The summed E-state index contributed by atoms with van der Waals surface area (Å²) in [4.78, 5) is 4.07. The number of ether oxygens (including phenoxy) is 3. The van der Waals surface area contributed by atoms with Crippen molar-refractivity contribution >= 4 is 39.8 Å². The number of hydrogen-bond acceptors (Lipinski definition) is 6. The average molecular weight is 467 g/mol. The fourth-order valence-corrected chi connectivity index (χ4v) is 1.82. The van der Waals surface area contributed by atoms with E-state index in [1.165, 1.54) is 6.26 Å². The van der Waals surface area contributed by atoms with Gasteiger partial charge in [0.05, 0.1) is 32.2 Å². The topological polar surface area (TPSA) is 98.2 Å². The van der Waals surface area contributed by atoms with Crippen molar-refractivity contribution in [2.24, 2.45) is 4.99 Å². The number of guanidine groups is 1. The van der Waals surface area contributed by atoms with Gasteiger partial charge in [0.15, 0.2) is 5.96 Å². The highest BCUT2D eigenvalue weighted by atomic mass is 127. The van der Waals surface area contributed by atoms with E-state index in [1.54, 1.807) is 14.2 Å². The number of rotatable bonds is 13. The average Bonchev–Trinajstić information content (AvgIpc) is 2.46. The largest absolute Gasteiger partial charge is 0.382 e. The van der Waals surface area contributed by atoms with E-state index in [-0.39, 0.29) is 36.3 Å². The Morgan fingerprint density at radius 2 is 1.65 bits per heavy atom. The summed E-state index contributed by atoms with van der Waals surface area (Å²) < 4.78 is 37.3. The zero-order valence-corrected chi connectivity index (χ0v) is 17.3. The van der Waals surface area contributed by atoms with Crippen molar-refractivity contribution in [3.05, 3.63) is 0 Å². The van der Waals surface area contributed by atoms with Crippen LogP contribution < -0.4 is 10.6 Å². The van der Waals surface area contributed by atoms with Gasteiger partial charge in [-0.1, -0.05) is 0 Å². The Hall–Kier alpha value is -0.170. The molecule has 0 aromatic carbocycles. The van der Waals surface area contributed by atoms with E-state index < -0.39 is 9.84 Å². The van der Waals surface area contributed by atoms with E-state index in [0.29, 0.717) is 38.9 Å². The lowest BCUT2D eigenvalue weighted by atomic mass is 10.4. The first-order valence-electron chi connectivity index (χ1n) is 7.26. The van der Waals surface area contributed by atoms with Gasteiger partial charge < -0.3 is 24.8 Å². The van der Waals surface area contributed by atoms with Gasteiger partial charge in [-0.25, -0.2) is 8.42 Å². The van der Waals surface area contributed by atoms with Gasteiger partial charge in [-0.05, 0) is 6.42 Å². The fraction of sp³-hybridized carbons (Fsp3) is 0.923. The van der Waals surface area contributed by atoms with Crippen molar-refractivity contribution < 1.29 is 22.6 Å². The first-order chi connectivity index (χ1) is 10.5. The zero-order valence-electron chi connectivity index (χ0n) is 14.2. The zero-order chi connectivity index (χ0) is 16.7. The summed E-state index contributed by atoms with van der Waals surface area (Å²) in [5.74, 6) is 0.729. The van der Waals surface area contributed by atoms with Crippen LogP contribution in [0.4, 0.5) is 0 Å². The maximum absolute atomic E-state index is 10.9. The first-order valence-corrected chi connectivity index (χ1v) is 9.32. The molecule has 0 aliphatic carbocycles. The monoisotopic (exact) mass is 467 g/mol. The third-order valence-electron chi connectivity index (χ3n) is 2.55. The van der Waals surface area contributed by atoms with Crippen LogP contribution in [0.5, 0.6) is 0 Å². The quantitative estimate of drug-likeness (QED) is 0.169. The summed E-state index contributed by atoms with van der Waals surface area (Å²) in [5.41, 5.74) is 0. The van der Waals surface area contributed by atoms with Crippen molar-refractivity contribution in [2.75, 3.05) is 72.3 Å². The second-order valence-electron chi connectivity index (χ2n) is 4.63. The molecule has 0 unspecified atom stereocenters. The van der Waals surface area contributed by atoms with Crippen molar-refractivity contribution in [3.63, 3.8) is 0 Å². The number of halogens is 1. The SMILES string of the molecule is CN=C(NCCCOCCOC)NCCOCCS(C)(=O)=O.I. The van der Waals surface area contributed by atoms with Crippen molar-refractivity contribution in [3.8, 4) is 0 Å². The van der Waals surface area contributed by atoms with Crippen LogP contribution in [0, 0.1) is 0 Å². The minimum absolute atomic E-state index is 0. The molecule has 0 spiro atoms. The molecule has 140 valence electrons. The van der Waals surface area contributed by atoms with Gasteiger partial charge in [0.2, 0.25) is 0 Å². The summed E-state index contributed by atoms with van der Waals surface area (Å²) in [7, 11) is 0.377. The third-order valence-corrected chi connectivity index (χ3v) is 3.46. The highest BCUT2D eigenvalue weighted by Crippen LogP contribution is 1.84. The first kappa shape index (κ1) is 25.1. The highest BCUT2D eigenvalue weighted by molar-refractivity contribution is 14.0. The van der Waals surface area contributed by atoms with Gasteiger partial charge in [0, 0.05) is 40.1 Å². The Morgan fingerprint density at radius 1 is 1.00 bits per heavy atom. The van der Waals surface area contributed by atoms with Crippen LogP contribution >= 0.6 is 24.0 Å². The smallest absolute Gasteiger partial charge is 0.191 e. The predicted molar refractivity (Wildman–Crippen MR) is 103 cm³/mol. The van der Waals surface area contributed by atoms with Crippen LogP contribution in [-0.4, -0.2) is 86.7 Å². The minimum atomic E-state index is -2.96. The van der Waals surface area contributed by atoms with Crippen molar-refractivity contribution in [2.45, 2.75) is 6.42 Å². The van der Waals surface area contributed by atoms with Crippen molar-refractivity contribution in [1.82, 2.24) is 10.6 Å². The molecule has 0 aromatic heterocycles. The number of methoxy groups -OCH3 is 1. The van der Waals surface area contributed by atoms with Crippen molar-refractivity contribution in [1.29, 1.82) is 0 Å². The van der Waals surface area contributed by atoms with E-state index >= 15 is 0 Å². The van der Waals surface area contributed by atoms with E-state index in [4.69, 9.17) is 14.2 Å². The number of sulfone groups is 1. The summed E-state index contributed by atoms with van der Waals surface area (Å²) in [6.45, 7) is 3.84. The normalized spacial score (nSPS) is 11.9. The molecular formula is C13H30IN3O5S. The maximum atomic E-state index is 10.9. The maximum Gasteiger partial charge on any atom is 0.191 e. The Kier molecular flexibility index (Phi) is 18.2. The lowest BCUT2D eigenvalue weighted by Gasteiger charge is -2.12. The molecule has 0 radical (unpaired) electrons. The van der Waals surface area contributed by atoms with Gasteiger partial charge in [0.25, 0.3) is 0 Å². The molecule has 10 heteroatoms. The lowest BCUT2D eigenvalue weighted by molar-refractivity contribution is 0.0698. The van der Waals surface area contributed by atoms with Gasteiger partial charge in [-0.3, -0.25) is 4.99 Å². The molecule has 8 nitrogen and oxygen atoms in total. The molecule has 0 bridgehead atoms. The third kappa shape index (κ3) is 19.8. The molecule has 0 saturated carbocycles. The standard InChI is InChI=1S/C13H29N3O5S.HI/c1-14-13(15-5-4-7-20-10-9-19-2)16-6-8-21-11-12-22(3,17)18;/h4-12H2,1-3H3,(H2,14,15,16);1H. The number of nitrogens with one attached hydrogen (secondary N) is 2. The molecule has 0 amide bonds. The van der Waals surface area contributed by atoms with Crippen LogP contribution in [0.3, 0.4) is 0 Å². The molecule has 0 aliphatic rings. The number of nitrogens with zero attached hydrogens (tertiary/aromatic N) is 1. The molecule has 0 aliphatic heterocycles. The Labute approximate surface area is 156 Å². The Balaban J connectivity index is 0. The predicted octanol–water partition coefficient (Wildman–Crippen LogP) is -0.116. The fourth-order valence-electron chi connectivity index (χ4n) is 1.40. The summed E-state index contributed by atoms with van der Waals surface area (Å²) >= 11 is 0. The highest BCUT2D eigenvalue weighted by Gasteiger charge is 2.01. The Morgan fingerprint density at radius 3 is 2.26 bits per heavy atom. The van der Waals surface area contributed by atoms with Gasteiger partial charge in [0.1, 0.15) is 9.84 Å². The summed E-state index contributed by atoms with van der Waals surface area (Å²) in [6, 6.07) is 0. The second kappa shape index (κ2) is 16.7. The van der Waals surface area contributed by atoms with Crippen LogP contribution in [0.1, 0.15) is 6.42 Å². The van der Waals surface area contributed by atoms with Crippen LogP contribution in [0.15, 0.2) is 4.99 Å². The Bertz CT molecular complexity index is 393. The summed E-state index contributed by atoms with van der Waals surface area (Å²) in [5, 5.41) is 6.23. The molecule has 0 rings (SSSR count). The lowest BCUT2D eigenvalue weighted by Crippen LogP contribution is -2.39. The van der Waals surface area contributed by atoms with Gasteiger partial charge in [-0.2, -0.15) is 0 Å². The molecule has 0 atom stereocenters. The van der Waals surface area contributed by atoms with E-state index in [0.717, 1.165) is 13.0 Å². The summed E-state index contributed by atoms with van der Waals surface area (Å²) in [6.07, 6.45) is 2.06. The second-order valence-corrected chi connectivity index (χ2v) is 6.89.